The van der Waals surface area contributed by atoms with Crippen molar-refractivity contribution >= 4 is 5.97 Å². The number of aliphatic carboxylic acids is 1. The number of nitrogens with zero attached hydrogens (tertiary/aromatic N) is 1. The number of hydrogen-bond donors (Lipinski definition) is 0. The summed E-state index contributed by atoms with van der Waals surface area (Å²) in [6.45, 7) is 7.70. The summed E-state index contributed by atoms with van der Waals surface area (Å²) in [5.41, 5.74) is 0. The van der Waals surface area contributed by atoms with Crippen molar-refractivity contribution in [2.24, 2.45) is 0 Å². The molecule has 0 fully saturated rings. The van der Waals surface area contributed by atoms with Gasteiger partial charge < -0.3 is 14.8 Å². The Kier molecular flexibility index (Phi) is 27.1. The van der Waals surface area contributed by atoms with Gasteiger partial charge in [0.25, 0.3) is 0 Å². The van der Waals surface area contributed by atoms with Crippen molar-refractivity contribution in [3.8, 4) is 0 Å². The molecular formula is C22H44KNO2. The molecule has 0 aliphatic heterocycles. The molecule has 0 atom stereocenters. The van der Waals surface area contributed by atoms with Crippen LogP contribution in [-0.4, -0.2) is 30.5 Å². The molecule has 0 saturated heterocycles. The van der Waals surface area contributed by atoms with E-state index in [-0.39, 0.29) is 57.8 Å². The minimum absolute atomic E-state index is 0. The summed E-state index contributed by atoms with van der Waals surface area (Å²) < 4.78 is 0. The molecule has 26 heavy (non-hydrogen) atoms. The normalized spacial score (nSPS) is 10.9. The van der Waals surface area contributed by atoms with Crippen LogP contribution >= 0.6 is 0 Å². The number of rotatable bonds is 20. The summed E-state index contributed by atoms with van der Waals surface area (Å²) in [5.74, 6) is -0.910. The fraction of sp³-hybridized carbons (Fsp3) is 0.955. The molecule has 0 aliphatic rings. The first-order chi connectivity index (χ1) is 12.2. The van der Waals surface area contributed by atoms with E-state index in [1.165, 1.54) is 89.9 Å². The molecule has 0 aromatic rings. The second-order valence-corrected chi connectivity index (χ2v) is 7.56. The van der Waals surface area contributed by atoms with Gasteiger partial charge >= 0.3 is 51.4 Å². The summed E-state index contributed by atoms with van der Waals surface area (Å²) in [5, 5.41) is 10.6. The van der Waals surface area contributed by atoms with Crippen LogP contribution in [0.25, 0.3) is 0 Å². The van der Waals surface area contributed by atoms with Gasteiger partial charge in [0.15, 0.2) is 0 Å². The van der Waals surface area contributed by atoms with Crippen LogP contribution in [0.2, 0.25) is 0 Å². The van der Waals surface area contributed by atoms with Crippen molar-refractivity contribution in [1.29, 1.82) is 0 Å². The Labute approximate surface area is 206 Å². The van der Waals surface area contributed by atoms with Gasteiger partial charge in [-0.05, 0) is 45.3 Å². The van der Waals surface area contributed by atoms with Gasteiger partial charge in [-0.2, -0.15) is 0 Å². The number of carboxylic acids is 1. The number of unbranched alkanes of at least 4 members (excludes halogenated alkanes) is 12. The average molecular weight is 394 g/mol. The topological polar surface area (TPSA) is 43.4 Å². The molecular weight excluding hydrogens is 349 g/mol. The molecule has 0 amide bonds. The van der Waals surface area contributed by atoms with Gasteiger partial charge in [-0.25, -0.2) is 0 Å². The second kappa shape index (κ2) is 24.1. The molecule has 0 N–H and O–H groups in total. The Hall–Kier alpha value is 1.07. The average Bonchev–Trinajstić information content (AvgIpc) is 2.59. The molecule has 0 spiro atoms. The van der Waals surface area contributed by atoms with E-state index in [2.05, 4.69) is 18.7 Å². The van der Waals surface area contributed by atoms with Crippen LogP contribution in [-0.2, 0) is 4.79 Å². The molecule has 150 valence electrons. The summed E-state index contributed by atoms with van der Waals surface area (Å²) in [7, 11) is 0. The second-order valence-electron chi connectivity index (χ2n) is 7.56. The third kappa shape index (κ3) is 23.1. The molecule has 0 radical (unpaired) electrons. The van der Waals surface area contributed by atoms with Crippen LogP contribution in [0.5, 0.6) is 0 Å². The number of carbonyl (C=O) groups excluding carboxylic acids is 1. The molecule has 0 aromatic carbocycles. The first kappa shape index (κ1) is 29.3. The predicted molar refractivity (Wildman–Crippen MR) is 107 cm³/mol. The molecule has 0 unspecified atom stereocenters. The minimum Gasteiger partial charge on any atom is -0.550 e. The molecule has 4 heteroatoms. The van der Waals surface area contributed by atoms with E-state index in [1.54, 1.807) is 0 Å². The Morgan fingerprint density at radius 3 is 1.35 bits per heavy atom. The standard InChI is InChI=1S/C22H45NO2.K/c1-3-5-7-9-11-13-15-19-23(21-17-18-22(24)25)20-16-14-12-10-8-6-4-2;/h3-21H2,1-2H3,(H,24,25);/q;+1/p-1. The molecule has 0 aliphatic carbocycles. The molecule has 0 heterocycles. The van der Waals surface area contributed by atoms with Gasteiger partial charge in [0.1, 0.15) is 0 Å². The van der Waals surface area contributed by atoms with Crippen molar-refractivity contribution in [2.45, 2.75) is 117 Å². The van der Waals surface area contributed by atoms with Crippen LogP contribution in [0, 0.1) is 0 Å². The summed E-state index contributed by atoms with van der Waals surface area (Å²) in [4.78, 5) is 13.1. The smallest absolute Gasteiger partial charge is 0.550 e. The maximum atomic E-state index is 10.6. The first-order valence-corrected chi connectivity index (χ1v) is 11.1. The van der Waals surface area contributed by atoms with E-state index in [9.17, 15) is 9.90 Å². The molecule has 3 nitrogen and oxygen atoms in total. The predicted octanol–water partition coefficient (Wildman–Crippen LogP) is 2.32. The molecule has 0 saturated carbocycles. The summed E-state index contributed by atoms with van der Waals surface area (Å²) >= 11 is 0. The van der Waals surface area contributed by atoms with Crippen molar-refractivity contribution in [1.82, 2.24) is 4.90 Å². The van der Waals surface area contributed by atoms with Gasteiger partial charge in [0.2, 0.25) is 0 Å². The Balaban J connectivity index is 0. The van der Waals surface area contributed by atoms with Gasteiger partial charge in [0.05, 0.1) is 0 Å². The molecule has 0 rings (SSSR count). The van der Waals surface area contributed by atoms with E-state index >= 15 is 0 Å². The van der Waals surface area contributed by atoms with E-state index in [0.717, 1.165) is 26.1 Å². The van der Waals surface area contributed by atoms with E-state index in [1.807, 2.05) is 0 Å². The Bertz CT molecular complexity index is 269. The third-order valence-electron chi connectivity index (χ3n) is 5.01. The first-order valence-electron chi connectivity index (χ1n) is 11.1. The van der Waals surface area contributed by atoms with Crippen molar-refractivity contribution < 1.29 is 61.3 Å². The van der Waals surface area contributed by atoms with Crippen molar-refractivity contribution in [3.63, 3.8) is 0 Å². The largest absolute Gasteiger partial charge is 1.00 e. The van der Waals surface area contributed by atoms with Crippen LogP contribution in [0.3, 0.4) is 0 Å². The maximum absolute atomic E-state index is 10.6. The monoisotopic (exact) mass is 393 g/mol. The molecule has 0 aromatic heterocycles. The van der Waals surface area contributed by atoms with Crippen molar-refractivity contribution in [3.05, 3.63) is 0 Å². The fourth-order valence-electron chi connectivity index (χ4n) is 3.37. The zero-order valence-electron chi connectivity index (χ0n) is 18.2. The maximum Gasteiger partial charge on any atom is 1.00 e. The molecule has 0 bridgehead atoms. The fourth-order valence-corrected chi connectivity index (χ4v) is 3.37. The third-order valence-corrected chi connectivity index (χ3v) is 5.01. The Morgan fingerprint density at radius 1 is 0.615 bits per heavy atom. The van der Waals surface area contributed by atoms with Gasteiger partial charge in [-0.3, -0.25) is 0 Å². The number of carbonyl (C=O) groups is 1. The zero-order valence-corrected chi connectivity index (χ0v) is 21.3. The van der Waals surface area contributed by atoms with Crippen LogP contribution in [0.4, 0.5) is 0 Å². The quantitative estimate of drug-likeness (QED) is 0.235. The SMILES string of the molecule is CCCCCCCCCN(CCCCCCCCC)CCCC(=O)[O-].[K+]. The van der Waals surface area contributed by atoms with Gasteiger partial charge in [0, 0.05) is 5.97 Å². The van der Waals surface area contributed by atoms with E-state index in [4.69, 9.17) is 0 Å². The van der Waals surface area contributed by atoms with Crippen LogP contribution in [0.15, 0.2) is 0 Å². The van der Waals surface area contributed by atoms with E-state index in [0.29, 0.717) is 0 Å². The van der Waals surface area contributed by atoms with Gasteiger partial charge in [-0.1, -0.05) is 90.9 Å². The number of carboxylic acid groups (broad SMARTS) is 1. The van der Waals surface area contributed by atoms with E-state index < -0.39 is 5.97 Å². The van der Waals surface area contributed by atoms with Crippen LogP contribution < -0.4 is 56.5 Å². The zero-order chi connectivity index (χ0) is 18.6. The van der Waals surface area contributed by atoms with Gasteiger partial charge in [-0.15, -0.1) is 0 Å². The number of hydrogen-bond acceptors (Lipinski definition) is 3. The summed E-state index contributed by atoms with van der Waals surface area (Å²) in [6.07, 6.45) is 19.6. The summed E-state index contributed by atoms with van der Waals surface area (Å²) in [6, 6.07) is 0. The van der Waals surface area contributed by atoms with Crippen LogP contribution in [0.1, 0.15) is 117 Å². The Morgan fingerprint density at radius 2 is 0.962 bits per heavy atom. The minimum atomic E-state index is -0.910. The van der Waals surface area contributed by atoms with Crippen molar-refractivity contribution in [2.75, 3.05) is 19.6 Å².